The van der Waals surface area contributed by atoms with E-state index in [0.29, 0.717) is 0 Å². The summed E-state index contributed by atoms with van der Waals surface area (Å²) in [5.74, 6) is 0.989. The SMILES string of the molecule is CCNC(CN(CC)C1CC1)C1CC1. The molecule has 2 rings (SSSR count). The molecule has 0 spiro atoms. The maximum Gasteiger partial charge on any atom is 0.0223 e. The minimum absolute atomic E-state index is 0.778. The maximum atomic E-state index is 3.65. The van der Waals surface area contributed by atoms with Crippen molar-refractivity contribution in [2.75, 3.05) is 19.6 Å². The Kier molecular flexibility index (Phi) is 3.45. The van der Waals surface area contributed by atoms with Gasteiger partial charge >= 0.3 is 0 Å². The van der Waals surface area contributed by atoms with E-state index < -0.39 is 0 Å². The lowest BCUT2D eigenvalue weighted by molar-refractivity contribution is 0.233. The Morgan fingerprint density at radius 2 is 1.93 bits per heavy atom. The molecule has 0 heterocycles. The van der Waals surface area contributed by atoms with E-state index in [0.717, 1.165) is 24.5 Å². The molecule has 0 saturated heterocycles. The van der Waals surface area contributed by atoms with Crippen LogP contribution in [0.3, 0.4) is 0 Å². The summed E-state index contributed by atoms with van der Waals surface area (Å²) >= 11 is 0. The van der Waals surface area contributed by atoms with Gasteiger partial charge in [-0.3, -0.25) is 4.90 Å². The van der Waals surface area contributed by atoms with Gasteiger partial charge in [0.25, 0.3) is 0 Å². The molecule has 82 valence electrons. The molecule has 0 aliphatic heterocycles. The molecule has 0 aromatic carbocycles. The van der Waals surface area contributed by atoms with Gasteiger partial charge in [-0.2, -0.15) is 0 Å². The number of hydrogen-bond acceptors (Lipinski definition) is 2. The van der Waals surface area contributed by atoms with Gasteiger partial charge in [-0.15, -0.1) is 0 Å². The second-order valence-corrected chi connectivity index (χ2v) is 4.82. The second-order valence-electron chi connectivity index (χ2n) is 4.82. The Balaban J connectivity index is 1.78. The third-order valence-corrected chi connectivity index (χ3v) is 3.56. The Morgan fingerprint density at radius 3 is 2.36 bits per heavy atom. The highest BCUT2D eigenvalue weighted by Gasteiger charge is 2.35. The van der Waals surface area contributed by atoms with E-state index in [1.165, 1.54) is 38.8 Å². The number of nitrogens with zero attached hydrogens (tertiary/aromatic N) is 1. The molecule has 2 aliphatic rings. The van der Waals surface area contributed by atoms with Crippen molar-refractivity contribution in [2.45, 2.75) is 51.6 Å². The lowest BCUT2D eigenvalue weighted by Crippen LogP contribution is -2.43. The molecule has 2 fully saturated rings. The van der Waals surface area contributed by atoms with Crippen LogP contribution >= 0.6 is 0 Å². The van der Waals surface area contributed by atoms with E-state index in [-0.39, 0.29) is 0 Å². The average Bonchev–Trinajstić information content (AvgIpc) is 3.05. The van der Waals surface area contributed by atoms with Crippen molar-refractivity contribution in [3.8, 4) is 0 Å². The number of nitrogens with one attached hydrogen (secondary N) is 1. The molecular weight excluding hydrogens is 172 g/mol. The van der Waals surface area contributed by atoms with Crippen molar-refractivity contribution in [3.63, 3.8) is 0 Å². The first-order valence-electron chi connectivity index (χ1n) is 6.32. The van der Waals surface area contributed by atoms with Gasteiger partial charge in [0.05, 0.1) is 0 Å². The second kappa shape index (κ2) is 4.63. The summed E-state index contributed by atoms with van der Waals surface area (Å²) in [7, 11) is 0. The molecule has 0 radical (unpaired) electrons. The Bertz CT molecular complexity index is 173. The molecule has 2 heteroatoms. The molecule has 0 aromatic heterocycles. The first-order valence-corrected chi connectivity index (χ1v) is 6.32. The van der Waals surface area contributed by atoms with Gasteiger partial charge in [-0.05, 0) is 44.7 Å². The van der Waals surface area contributed by atoms with E-state index in [9.17, 15) is 0 Å². The fourth-order valence-corrected chi connectivity index (χ4v) is 2.37. The molecule has 2 aliphatic carbocycles. The first-order chi connectivity index (χ1) is 6.85. The summed E-state index contributed by atoms with van der Waals surface area (Å²) in [6, 6.07) is 1.71. The van der Waals surface area contributed by atoms with Crippen LogP contribution in [-0.2, 0) is 0 Å². The Morgan fingerprint density at radius 1 is 1.21 bits per heavy atom. The van der Waals surface area contributed by atoms with E-state index in [1.807, 2.05) is 0 Å². The van der Waals surface area contributed by atoms with Gasteiger partial charge in [0.15, 0.2) is 0 Å². The number of rotatable bonds is 7. The predicted molar refractivity (Wildman–Crippen MR) is 60.5 cm³/mol. The van der Waals surface area contributed by atoms with Crippen LogP contribution in [0.15, 0.2) is 0 Å². The lowest BCUT2D eigenvalue weighted by atomic mass is 10.1. The van der Waals surface area contributed by atoms with Crippen molar-refractivity contribution in [1.82, 2.24) is 10.2 Å². The molecule has 1 N–H and O–H groups in total. The van der Waals surface area contributed by atoms with Crippen LogP contribution in [0.4, 0.5) is 0 Å². The van der Waals surface area contributed by atoms with Crippen molar-refractivity contribution in [1.29, 1.82) is 0 Å². The molecule has 14 heavy (non-hydrogen) atoms. The molecule has 2 nitrogen and oxygen atoms in total. The van der Waals surface area contributed by atoms with Gasteiger partial charge < -0.3 is 5.32 Å². The average molecular weight is 196 g/mol. The highest BCUT2D eigenvalue weighted by molar-refractivity contribution is 4.92. The summed E-state index contributed by atoms with van der Waals surface area (Å²) < 4.78 is 0. The topological polar surface area (TPSA) is 15.3 Å². The monoisotopic (exact) mass is 196 g/mol. The Labute approximate surface area is 88.1 Å². The molecule has 0 aromatic rings. The normalized spacial score (nSPS) is 24.2. The minimum Gasteiger partial charge on any atom is -0.313 e. The maximum absolute atomic E-state index is 3.65. The van der Waals surface area contributed by atoms with Crippen LogP contribution in [0.1, 0.15) is 39.5 Å². The van der Waals surface area contributed by atoms with E-state index in [1.54, 1.807) is 0 Å². The summed E-state index contributed by atoms with van der Waals surface area (Å²) in [5, 5.41) is 3.65. The van der Waals surface area contributed by atoms with Crippen LogP contribution in [0.25, 0.3) is 0 Å². The molecule has 0 bridgehead atoms. The smallest absolute Gasteiger partial charge is 0.0223 e. The van der Waals surface area contributed by atoms with Crippen LogP contribution < -0.4 is 5.32 Å². The standard InChI is InChI=1S/C12H24N2/c1-3-13-12(10-5-6-10)9-14(4-2)11-7-8-11/h10-13H,3-9H2,1-2H3. The van der Waals surface area contributed by atoms with Gasteiger partial charge in [0.1, 0.15) is 0 Å². The Hall–Kier alpha value is -0.0800. The van der Waals surface area contributed by atoms with Crippen LogP contribution in [-0.4, -0.2) is 36.6 Å². The fourth-order valence-electron chi connectivity index (χ4n) is 2.37. The zero-order valence-corrected chi connectivity index (χ0v) is 9.63. The number of hydrogen-bond donors (Lipinski definition) is 1. The van der Waals surface area contributed by atoms with Crippen LogP contribution in [0.5, 0.6) is 0 Å². The molecule has 2 saturated carbocycles. The fraction of sp³-hybridized carbons (Fsp3) is 1.00. The molecular formula is C12H24N2. The van der Waals surface area contributed by atoms with Crippen molar-refractivity contribution in [2.24, 2.45) is 5.92 Å². The molecule has 1 atom stereocenters. The predicted octanol–water partition coefficient (Wildman–Crippen LogP) is 1.86. The molecule has 1 unspecified atom stereocenters. The minimum atomic E-state index is 0.778. The summed E-state index contributed by atoms with van der Waals surface area (Å²) in [6.45, 7) is 8.18. The lowest BCUT2D eigenvalue weighted by Gasteiger charge is -2.26. The van der Waals surface area contributed by atoms with E-state index in [2.05, 4.69) is 24.1 Å². The third kappa shape index (κ3) is 2.71. The van der Waals surface area contributed by atoms with E-state index >= 15 is 0 Å². The van der Waals surface area contributed by atoms with Gasteiger partial charge in [0.2, 0.25) is 0 Å². The van der Waals surface area contributed by atoms with Crippen LogP contribution in [0, 0.1) is 5.92 Å². The van der Waals surface area contributed by atoms with Crippen LogP contribution in [0.2, 0.25) is 0 Å². The largest absolute Gasteiger partial charge is 0.313 e. The van der Waals surface area contributed by atoms with Gasteiger partial charge in [-0.1, -0.05) is 13.8 Å². The summed E-state index contributed by atoms with van der Waals surface area (Å²) in [6.07, 6.45) is 5.80. The van der Waals surface area contributed by atoms with Crippen molar-refractivity contribution < 1.29 is 0 Å². The summed E-state index contributed by atoms with van der Waals surface area (Å²) in [5.41, 5.74) is 0. The highest BCUT2D eigenvalue weighted by atomic mass is 15.2. The quantitative estimate of drug-likeness (QED) is 0.668. The van der Waals surface area contributed by atoms with Crippen molar-refractivity contribution in [3.05, 3.63) is 0 Å². The summed E-state index contributed by atoms with van der Waals surface area (Å²) in [4.78, 5) is 2.67. The van der Waals surface area contributed by atoms with Gasteiger partial charge in [-0.25, -0.2) is 0 Å². The third-order valence-electron chi connectivity index (χ3n) is 3.56. The van der Waals surface area contributed by atoms with Gasteiger partial charge in [0, 0.05) is 18.6 Å². The number of likely N-dealkylation sites (N-methyl/N-ethyl adjacent to an activating group) is 2. The first kappa shape index (κ1) is 10.4. The van der Waals surface area contributed by atoms with Crippen molar-refractivity contribution >= 4 is 0 Å². The molecule has 0 amide bonds. The van der Waals surface area contributed by atoms with E-state index in [4.69, 9.17) is 0 Å². The zero-order chi connectivity index (χ0) is 9.97. The zero-order valence-electron chi connectivity index (χ0n) is 9.63. The highest BCUT2D eigenvalue weighted by Crippen LogP contribution is 2.34.